The standard InChI is InChI=1S/C19H22Cl2N4O/c20-17-2-1-16(18(21)13-17)5-8-24-9-11-25(12-10-24)19(26)23-14-15-3-6-22-7-4-15/h1-4,6-7,13H,5,8-12,14H2,(H,23,26). The van der Waals surface area contributed by atoms with Crippen LogP contribution in [0.2, 0.25) is 10.0 Å². The van der Waals surface area contributed by atoms with E-state index in [1.165, 1.54) is 0 Å². The third-order valence-electron chi connectivity index (χ3n) is 4.57. The normalized spacial score (nSPS) is 15.1. The fourth-order valence-electron chi connectivity index (χ4n) is 2.97. The molecule has 1 N–H and O–H groups in total. The molecule has 0 atom stereocenters. The van der Waals surface area contributed by atoms with Gasteiger partial charge in [-0.3, -0.25) is 9.88 Å². The van der Waals surface area contributed by atoms with Gasteiger partial charge in [0.25, 0.3) is 0 Å². The zero-order valence-corrected chi connectivity index (χ0v) is 16.0. The van der Waals surface area contributed by atoms with Gasteiger partial charge < -0.3 is 10.2 Å². The smallest absolute Gasteiger partial charge is 0.317 e. The Morgan fingerprint density at radius 2 is 1.81 bits per heavy atom. The minimum absolute atomic E-state index is 0.0118. The van der Waals surface area contributed by atoms with Crippen LogP contribution in [0, 0.1) is 0 Å². The van der Waals surface area contributed by atoms with E-state index in [2.05, 4.69) is 15.2 Å². The van der Waals surface area contributed by atoms with Crippen molar-refractivity contribution >= 4 is 29.2 Å². The highest BCUT2D eigenvalue weighted by atomic mass is 35.5. The molecule has 0 unspecified atom stereocenters. The number of carbonyl (C=O) groups is 1. The van der Waals surface area contributed by atoms with Gasteiger partial charge in [0.1, 0.15) is 0 Å². The maximum atomic E-state index is 12.3. The lowest BCUT2D eigenvalue weighted by atomic mass is 10.1. The van der Waals surface area contributed by atoms with Crippen LogP contribution in [0.1, 0.15) is 11.1 Å². The number of urea groups is 1. The molecule has 7 heteroatoms. The molecular weight excluding hydrogens is 371 g/mol. The summed E-state index contributed by atoms with van der Waals surface area (Å²) in [7, 11) is 0. The van der Waals surface area contributed by atoms with Crippen molar-refractivity contribution in [3.8, 4) is 0 Å². The maximum absolute atomic E-state index is 12.3. The Balaban J connectivity index is 1.40. The predicted octanol–water partition coefficient (Wildman–Crippen LogP) is 3.46. The van der Waals surface area contributed by atoms with Gasteiger partial charge in [-0.2, -0.15) is 0 Å². The Bertz CT molecular complexity index is 734. The summed E-state index contributed by atoms with van der Waals surface area (Å²) in [6.45, 7) is 4.65. The van der Waals surface area contributed by atoms with Gasteiger partial charge in [-0.05, 0) is 41.8 Å². The Labute approximate surface area is 163 Å². The number of rotatable bonds is 5. The molecule has 1 fully saturated rings. The van der Waals surface area contributed by atoms with E-state index in [4.69, 9.17) is 23.2 Å². The molecule has 138 valence electrons. The molecule has 0 saturated carbocycles. The molecule has 1 aliphatic heterocycles. The first-order valence-corrected chi connectivity index (χ1v) is 9.45. The molecule has 0 aliphatic carbocycles. The summed E-state index contributed by atoms with van der Waals surface area (Å²) in [5.41, 5.74) is 2.15. The molecule has 1 aliphatic rings. The number of nitrogens with one attached hydrogen (secondary N) is 1. The van der Waals surface area contributed by atoms with Gasteiger partial charge in [0, 0.05) is 61.7 Å². The van der Waals surface area contributed by atoms with Crippen molar-refractivity contribution in [1.29, 1.82) is 0 Å². The lowest BCUT2D eigenvalue weighted by Gasteiger charge is -2.34. The molecular formula is C19H22Cl2N4O. The summed E-state index contributed by atoms with van der Waals surface area (Å²) in [6.07, 6.45) is 4.34. The largest absolute Gasteiger partial charge is 0.334 e. The topological polar surface area (TPSA) is 48.5 Å². The summed E-state index contributed by atoms with van der Waals surface area (Å²) in [4.78, 5) is 20.5. The maximum Gasteiger partial charge on any atom is 0.317 e. The van der Waals surface area contributed by atoms with Crippen LogP contribution >= 0.6 is 23.2 Å². The highest BCUT2D eigenvalue weighted by molar-refractivity contribution is 6.35. The minimum Gasteiger partial charge on any atom is -0.334 e. The van der Waals surface area contributed by atoms with Gasteiger partial charge >= 0.3 is 6.03 Å². The number of amides is 2. The lowest BCUT2D eigenvalue weighted by Crippen LogP contribution is -2.51. The monoisotopic (exact) mass is 392 g/mol. The van der Waals surface area contributed by atoms with Crippen LogP contribution in [0.4, 0.5) is 4.79 Å². The molecule has 1 saturated heterocycles. The lowest BCUT2D eigenvalue weighted by molar-refractivity contribution is 0.140. The van der Waals surface area contributed by atoms with Crippen molar-refractivity contribution in [1.82, 2.24) is 20.1 Å². The highest BCUT2D eigenvalue weighted by Gasteiger charge is 2.20. The molecule has 0 bridgehead atoms. The number of hydrogen-bond acceptors (Lipinski definition) is 3. The Morgan fingerprint density at radius 1 is 1.08 bits per heavy atom. The Morgan fingerprint density at radius 3 is 2.50 bits per heavy atom. The SMILES string of the molecule is O=C(NCc1ccncc1)N1CCN(CCc2ccc(Cl)cc2Cl)CC1. The highest BCUT2D eigenvalue weighted by Crippen LogP contribution is 2.21. The number of halogens is 2. The predicted molar refractivity (Wildman–Crippen MR) is 105 cm³/mol. The first-order valence-electron chi connectivity index (χ1n) is 8.70. The number of benzene rings is 1. The van der Waals surface area contributed by atoms with E-state index >= 15 is 0 Å². The molecule has 5 nitrogen and oxygen atoms in total. The second-order valence-electron chi connectivity index (χ2n) is 6.33. The van der Waals surface area contributed by atoms with Gasteiger partial charge in [-0.1, -0.05) is 29.3 Å². The van der Waals surface area contributed by atoms with E-state index in [0.717, 1.165) is 50.3 Å². The van der Waals surface area contributed by atoms with E-state index in [1.54, 1.807) is 18.5 Å². The van der Waals surface area contributed by atoms with Gasteiger partial charge in [0.15, 0.2) is 0 Å². The van der Waals surface area contributed by atoms with Crippen LogP contribution in [0.25, 0.3) is 0 Å². The van der Waals surface area contributed by atoms with Gasteiger partial charge in [0.2, 0.25) is 0 Å². The fourth-order valence-corrected chi connectivity index (χ4v) is 3.47. The minimum atomic E-state index is -0.0118. The summed E-state index contributed by atoms with van der Waals surface area (Å²) < 4.78 is 0. The number of carbonyl (C=O) groups excluding carboxylic acids is 1. The Hall–Kier alpha value is -1.82. The number of pyridine rings is 1. The van der Waals surface area contributed by atoms with Crippen molar-refractivity contribution < 1.29 is 4.79 Å². The molecule has 2 heterocycles. The third-order valence-corrected chi connectivity index (χ3v) is 5.15. The summed E-state index contributed by atoms with van der Waals surface area (Å²) in [5.74, 6) is 0. The zero-order chi connectivity index (χ0) is 18.4. The zero-order valence-electron chi connectivity index (χ0n) is 14.5. The summed E-state index contributed by atoms with van der Waals surface area (Å²) >= 11 is 12.2. The molecule has 0 spiro atoms. The molecule has 1 aromatic heterocycles. The molecule has 2 aromatic rings. The second kappa shape index (κ2) is 9.21. The van der Waals surface area contributed by atoms with Gasteiger partial charge in [-0.15, -0.1) is 0 Å². The third kappa shape index (κ3) is 5.34. The fraction of sp³-hybridized carbons (Fsp3) is 0.368. The summed E-state index contributed by atoms with van der Waals surface area (Å²) in [6, 6.07) is 9.42. The van der Waals surface area contributed by atoms with Crippen molar-refractivity contribution in [2.24, 2.45) is 0 Å². The number of aromatic nitrogens is 1. The van der Waals surface area contributed by atoms with E-state index in [0.29, 0.717) is 16.6 Å². The van der Waals surface area contributed by atoms with Gasteiger partial charge in [-0.25, -0.2) is 4.79 Å². The number of nitrogens with zero attached hydrogens (tertiary/aromatic N) is 3. The first-order chi connectivity index (χ1) is 12.6. The van der Waals surface area contributed by atoms with Crippen molar-refractivity contribution in [3.63, 3.8) is 0 Å². The van der Waals surface area contributed by atoms with Crippen molar-refractivity contribution in [2.75, 3.05) is 32.7 Å². The average molecular weight is 393 g/mol. The van der Waals surface area contributed by atoms with E-state index in [1.807, 2.05) is 29.2 Å². The Kier molecular flexibility index (Phi) is 6.72. The van der Waals surface area contributed by atoms with Crippen molar-refractivity contribution in [2.45, 2.75) is 13.0 Å². The van der Waals surface area contributed by atoms with Crippen molar-refractivity contribution in [3.05, 3.63) is 63.9 Å². The summed E-state index contributed by atoms with van der Waals surface area (Å²) in [5, 5.41) is 4.34. The molecule has 0 radical (unpaired) electrons. The van der Waals surface area contributed by atoms with Crippen LogP contribution in [0.3, 0.4) is 0 Å². The molecule has 1 aromatic carbocycles. The van der Waals surface area contributed by atoms with Gasteiger partial charge in [0.05, 0.1) is 0 Å². The average Bonchev–Trinajstić information content (AvgIpc) is 2.67. The van der Waals surface area contributed by atoms with Crippen LogP contribution in [-0.2, 0) is 13.0 Å². The first kappa shape index (κ1) is 19.0. The van der Waals surface area contributed by atoms with Crippen LogP contribution in [-0.4, -0.2) is 53.5 Å². The number of hydrogen-bond donors (Lipinski definition) is 1. The quantitative estimate of drug-likeness (QED) is 0.847. The molecule has 26 heavy (non-hydrogen) atoms. The van der Waals surface area contributed by atoms with E-state index in [9.17, 15) is 4.79 Å². The van der Waals surface area contributed by atoms with Crippen LogP contribution < -0.4 is 5.32 Å². The number of piperazine rings is 1. The second-order valence-corrected chi connectivity index (χ2v) is 7.17. The van der Waals surface area contributed by atoms with E-state index < -0.39 is 0 Å². The van der Waals surface area contributed by atoms with Crippen LogP contribution in [0.15, 0.2) is 42.7 Å². The molecule has 3 rings (SSSR count). The molecule has 2 amide bonds. The van der Waals surface area contributed by atoms with E-state index in [-0.39, 0.29) is 6.03 Å². The van der Waals surface area contributed by atoms with Crippen LogP contribution in [0.5, 0.6) is 0 Å².